The molecule has 8 nitrogen and oxygen atoms in total. The molecule has 0 spiro atoms. The summed E-state index contributed by atoms with van der Waals surface area (Å²) < 4.78 is 12.4. The van der Waals surface area contributed by atoms with Crippen molar-refractivity contribution in [1.29, 1.82) is 5.26 Å². The van der Waals surface area contributed by atoms with Crippen LogP contribution in [0.1, 0.15) is 33.7 Å². The summed E-state index contributed by atoms with van der Waals surface area (Å²) in [5.41, 5.74) is 0.101. The largest absolute Gasteiger partial charge is 0.495 e. The fourth-order valence-corrected chi connectivity index (χ4v) is 6.44. The summed E-state index contributed by atoms with van der Waals surface area (Å²) in [5, 5.41) is 37.9. The van der Waals surface area contributed by atoms with Crippen molar-refractivity contribution in [2.24, 2.45) is 5.92 Å². The molecule has 196 valence electrons. The Morgan fingerprint density at radius 1 is 1.03 bits per heavy atom. The summed E-state index contributed by atoms with van der Waals surface area (Å²) in [5.74, 6) is -0.260. The van der Waals surface area contributed by atoms with Gasteiger partial charge >= 0.3 is 0 Å². The van der Waals surface area contributed by atoms with Gasteiger partial charge in [0.2, 0.25) is 0 Å². The highest BCUT2D eigenvalue weighted by Crippen LogP contribution is 2.69. The fraction of sp³-hybridized carbons (Fsp3) is 0.258. The molecule has 1 fully saturated rings. The average Bonchev–Trinajstić information content (AvgIpc) is 3.36. The normalized spacial score (nSPS) is 26.8. The van der Waals surface area contributed by atoms with Crippen LogP contribution >= 0.6 is 0 Å². The molecule has 1 aliphatic carbocycles. The summed E-state index contributed by atoms with van der Waals surface area (Å²) >= 11 is 0. The number of fused-ring (bicyclic) bond motifs is 3. The van der Waals surface area contributed by atoms with Gasteiger partial charge in [0.25, 0.3) is 0 Å². The van der Waals surface area contributed by atoms with E-state index in [1.165, 1.54) is 13.3 Å². The van der Waals surface area contributed by atoms with Crippen LogP contribution in [0, 0.1) is 17.2 Å². The number of hydrogen-bond donors (Lipinski definition) is 3. The first-order valence-electron chi connectivity index (χ1n) is 12.8. The van der Waals surface area contributed by atoms with Gasteiger partial charge in [-0.2, -0.15) is 5.26 Å². The first-order chi connectivity index (χ1) is 19.0. The Labute approximate surface area is 226 Å². The molecule has 39 heavy (non-hydrogen) atoms. The molecule has 2 aliphatic rings. The minimum Gasteiger partial charge on any atom is -0.495 e. The van der Waals surface area contributed by atoms with Crippen molar-refractivity contribution < 1.29 is 19.7 Å². The maximum atomic E-state index is 12.8. The van der Waals surface area contributed by atoms with E-state index in [0.29, 0.717) is 41.3 Å². The molecule has 1 saturated carbocycles. The maximum absolute atomic E-state index is 12.8. The highest BCUT2D eigenvalue weighted by molar-refractivity contribution is 5.59. The number of aromatic nitrogens is 2. The molecule has 8 heteroatoms. The number of hydrogen-bond acceptors (Lipinski definition) is 8. The van der Waals surface area contributed by atoms with Crippen LogP contribution in [0.15, 0.2) is 91.5 Å². The molecule has 0 bridgehead atoms. The molecule has 0 amide bonds. The monoisotopic (exact) mass is 520 g/mol. The van der Waals surface area contributed by atoms with Crippen LogP contribution < -0.4 is 14.8 Å². The van der Waals surface area contributed by atoms with Gasteiger partial charge in [-0.25, -0.2) is 0 Å². The zero-order valence-corrected chi connectivity index (χ0v) is 21.4. The zero-order chi connectivity index (χ0) is 27.0. The first-order valence-corrected chi connectivity index (χ1v) is 12.8. The SMILES string of the molecule is COc1cncc2c1C1(O)[C@H](O)[C@H](CNCc3cccnc3)C(c3ccccc3)[C@@]1(c1ccc(C#N)cc1)O2. The number of pyridine rings is 2. The number of ether oxygens (including phenoxy) is 2. The van der Waals surface area contributed by atoms with E-state index >= 15 is 0 Å². The minimum atomic E-state index is -1.88. The van der Waals surface area contributed by atoms with Crippen LogP contribution in [0.4, 0.5) is 0 Å². The molecular formula is C31H28N4O4. The molecule has 0 saturated heterocycles. The number of aliphatic hydroxyl groups excluding tert-OH is 1. The molecule has 3 N–H and O–H groups in total. The van der Waals surface area contributed by atoms with Gasteiger partial charge in [-0.05, 0) is 34.9 Å². The van der Waals surface area contributed by atoms with Crippen molar-refractivity contribution >= 4 is 0 Å². The van der Waals surface area contributed by atoms with E-state index in [0.717, 1.165) is 11.1 Å². The molecule has 1 aliphatic heterocycles. The van der Waals surface area contributed by atoms with Crippen LogP contribution in [-0.4, -0.2) is 39.9 Å². The maximum Gasteiger partial charge on any atom is 0.177 e. The first kappa shape index (κ1) is 25.0. The Morgan fingerprint density at radius 2 is 1.82 bits per heavy atom. The van der Waals surface area contributed by atoms with Gasteiger partial charge in [-0.15, -0.1) is 0 Å². The van der Waals surface area contributed by atoms with Gasteiger partial charge < -0.3 is 25.0 Å². The van der Waals surface area contributed by atoms with E-state index in [9.17, 15) is 15.5 Å². The Morgan fingerprint density at radius 3 is 2.51 bits per heavy atom. The average molecular weight is 521 g/mol. The summed E-state index contributed by atoms with van der Waals surface area (Å²) in [6.07, 6.45) is 5.35. The van der Waals surface area contributed by atoms with Gasteiger partial charge in [0, 0.05) is 37.3 Å². The Balaban J connectivity index is 1.54. The molecular weight excluding hydrogens is 492 g/mol. The zero-order valence-electron chi connectivity index (χ0n) is 21.4. The van der Waals surface area contributed by atoms with Crippen molar-refractivity contribution in [3.63, 3.8) is 0 Å². The number of nitriles is 1. The van der Waals surface area contributed by atoms with E-state index in [-0.39, 0.29) is 0 Å². The van der Waals surface area contributed by atoms with Crippen molar-refractivity contribution in [3.8, 4) is 17.6 Å². The lowest BCUT2D eigenvalue weighted by Crippen LogP contribution is -2.52. The third-order valence-electron chi connectivity index (χ3n) is 8.05. The number of nitrogens with zero attached hydrogens (tertiary/aromatic N) is 3. The third-order valence-corrected chi connectivity index (χ3v) is 8.05. The van der Waals surface area contributed by atoms with Crippen LogP contribution in [0.5, 0.6) is 11.5 Å². The second-order valence-electron chi connectivity index (χ2n) is 10.00. The van der Waals surface area contributed by atoms with Gasteiger partial charge in [0.1, 0.15) is 11.5 Å². The Kier molecular flexibility index (Phi) is 6.28. The number of methoxy groups -OCH3 is 1. The quantitative estimate of drug-likeness (QED) is 0.339. The lowest BCUT2D eigenvalue weighted by atomic mass is 9.70. The van der Waals surface area contributed by atoms with Crippen LogP contribution in [0.3, 0.4) is 0 Å². The number of nitrogens with one attached hydrogen (secondary N) is 1. The molecule has 2 aromatic carbocycles. The van der Waals surface area contributed by atoms with Crippen molar-refractivity contribution in [2.75, 3.05) is 13.7 Å². The van der Waals surface area contributed by atoms with Crippen molar-refractivity contribution in [2.45, 2.75) is 29.8 Å². The second-order valence-corrected chi connectivity index (χ2v) is 10.00. The van der Waals surface area contributed by atoms with E-state index in [1.807, 2.05) is 42.5 Å². The predicted molar refractivity (Wildman–Crippen MR) is 143 cm³/mol. The Bertz CT molecular complexity index is 1510. The number of rotatable bonds is 7. The van der Waals surface area contributed by atoms with Gasteiger partial charge in [-0.3, -0.25) is 9.97 Å². The second kappa shape index (κ2) is 9.79. The standard InChI is InChI=1S/C31H28N4O4/c1-38-25-18-35-19-26-28(25)30(37)29(36)24(17-34-16-21-6-5-13-33-15-21)27(22-7-3-2-4-8-22)31(30,39-26)23-11-9-20(14-32)10-12-23/h2-13,15,18-19,24,27,29,34,36-37H,16-17H2,1H3/t24-,27?,29-,30?,31-/m1/s1. The minimum absolute atomic E-state index is 0.334. The summed E-state index contributed by atoms with van der Waals surface area (Å²) in [4.78, 5) is 8.45. The van der Waals surface area contributed by atoms with Gasteiger partial charge in [0.15, 0.2) is 11.2 Å². The van der Waals surface area contributed by atoms with E-state index < -0.39 is 29.1 Å². The lowest BCUT2D eigenvalue weighted by molar-refractivity contribution is -0.152. The van der Waals surface area contributed by atoms with E-state index in [1.54, 1.807) is 42.9 Å². The molecule has 2 aromatic heterocycles. The van der Waals surface area contributed by atoms with Gasteiger partial charge in [0.05, 0.1) is 42.8 Å². The van der Waals surface area contributed by atoms with Crippen LogP contribution in [-0.2, 0) is 17.7 Å². The van der Waals surface area contributed by atoms with E-state index in [4.69, 9.17) is 9.47 Å². The smallest absolute Gasteiger partial charge is 0.177 e. The predicted octanol–water partition coefficient (Wildman–Crippen LogP) is 3.40. The molecule has 4 aromatic rings. The molecule has 0 radical (unpaired) electrons. The van der Waals surface area contributed by atoms with E-state index in [2.05, 4.69) is 21.4 Å². The van der Waals surface area contributed by atoms with Crippen molar-refractivity contribution in [3.05, 3.63) is 119 Å². The summed E-state index contributed by atoms with van der Waals surface area (Å²) in [6.45, 7) is 0.938. The highest BCUT2D eigenvalue weighted by Gasteiger charge is 2.76. The number of benzene rings is 2. The van der Waals surface area contributed by atoms with Crippen molar-refractivity contribution in [1.82, 2.24) is 15.3 Å². The Hall–Kier alpha value is -4.29. The molecule has 3 heterocycles. The highest BCUT2D eigenvalue weighted by atomic mass is 16.5. The molecule has 6 rings (SSSR count). The lowest BCUT2D eigenvalue weighted by Gasteiger charge is -2.41. The fourth-order valence-electron chi connectivity index (χ4n) is 6.44. The summed E-state index contributed by atoms with van der Waals surface area (Å²) in [6, 6.07) is 22.8. The van der Waals surface area contributed by atoms with Crippen LogP contribution in [0.25, 0.3) is 0 Å². The molecule has 2 unspecified atom stereocenters. The topological polar surface area (TPSA) is 121 Å². The summed E-state index contributed by atoms with van der Waals surface area (Å²) in [7, 11) is 1.51. The third kappa shape index (κ3) is 3.70. The molecule has 5 atom stereocenters. The number of aliphatic hydroxyl groups is 2. The van der Waals surface area contributed by atoms with Crippen LogP contribution in [0.2, 0.25) is 0 Å². The van der Waals surface area contributed by atoms with Gasteiger partial charge in [-0.1, -0.05) is 48.5 Å².